The fourth-order valence-corrected chi connectivity index (χ4v) is 2.72. The van der Waals surface area contributed by atoms with Gasteiger partial charge < -0.3 is 0 Å². The van der Waals surface area contributed by atoms with Crippen molar-refractivity contribution in [3.8, 4) is 0 Å². The van der Waals surface area contributed by atoms with Crippen LogP contribution < -0.4 is 0 Å². The van der Waals surface area contributed by atoms with Gasteiger partial charge in [-0.3, -0.25) is 0 Å². The minimum absolute atomic E-state index is 0.510. The van der Waals surface area contributed by atoms with Gasteiger partial charge in [-0.25, -0.2) is 0 Å². The van der Waals surface area contributed by atoms with Crippen LogP contribution >= 0.6 is 27.7 Å². The summed E-state index contributed by atoms with van der Waals surface area (Å²) in [6.07, 6.45) is 7.55. The number of thioether (sulfide) groups is 1. The van der Waals surface area contributed by atoms with E-state index in [0.29, 0.717) is 4.75 Å². The third-order valence-corrected chi connectivity index (χ3v) is 5.51. The van der Waals surface area contributed by atoms with Gasteiger partial charge >= 0.3 is 0 Å². The van der Waals surface area contributed by atoms with Gasteiger partial charge in [0.15, 0.2) is 0 Å². The van der Waals surface area contributed by atoms with Crippen molar-refractivity contribution in [2.24, 2.45) is 5.92 Å². The zero-order chi connectivity index (χ0) is 10.3. The van der Waals surface area contributed by atoms with Gasteiger partial charge in [-0.1, -0.05) is 43.1 Å². The van der Waals surface area contributed by atoms with Crippen LogP contribution in [0.15, 0.2) is 0 Å². The van der Waals surface area contributed by atoms with Gasteiger partial charge in [-0.2, -0.15) is 11.8 Å². The van der Waals surface area contributed by atoms with Crippen molar-refractivity contribution < 1.29 is 0 Å². The highest BCUT2D eigenvalue weighted by molar-refractivity contribution is 9.09. The van der Waals surface area contributed by atoms with E-state index in [1.165, 1.54) is 25.7 Å². The highest BCUT2D eigenvalue weighted by atomic mass is 79.9. The van der Waals surface area contributed by atoms with Crippen LogP contribution in [0.2, 0.25) is 0 Å². The Kier molecular flexibility index (Phi) is 7.62. The average Bonchev–Trinajstić information content (AvgIpc) is 2.19. The molecule has 2 atom stereocenters. The summed E-state index contributed by atoms with van der Waals surface area (Å²) in [6.45, 7) is 6.97. The molecule has 0 radical (unpaired) electrons. The molecular formula is C11H23BrS. The van der Waals surface area contributed by atoms with E-state index in [1.54, 1.807) is 0 Å². The van der Waals surface area contributed by atoms with Crippen LogP contribution in [-0.4, -0.2) is 16.3 Å². The fourth-order valence-electron chi connectivity index (χ4n) is 1.32. The molecule has 13 heavy (non-hydrogen) atoms. The number of rotatable bonds is 7. The van der Waals surface area contributed by atoms with E-state index >= 15 is 0 Å². The fraction of sp³-hybridized carbons (Fsp3) is 1.00. The second-order valence-corrected chi connectivity index (χ2v) is 6.02. The minimum atomic E-state index is 0.510. The molecule has 0 heterocycles. The lowest BCUT2D eigenvalue weighted by Gasteiger charge is -2.27. The molecule has 0 spiro atoms. The lowest BCUT2D eigenvalue weighted by molar-refractivity contribution is 0.448. The van der Waals surface area contributed by atoms with Crippen molar-refractivity contribution in [2.45, 2.75) is 51.2 Å². The Labute approximate surface area is 96.4 Å². The van der Waals surface area contributed by atoms with Crippen LogP contribution in [0.1, 0.15) is 46.5 Å². The SMILES string of the molecule is CCC(CBr)CCC(C)(CC)SC. The number of halogens is 1. The maximum Gasteiger partial charge on any atom is 0.0126 e. The second kappa shape index (κ2) is 7.17. The highest BCUT2D eigenvalue weighted by Gasteiger charge is 2.21. The molecule has 0 aromatic heterocycles. The Balaban J connectivity index is 3.83. The van der Waals surface area contributed by atoms with Crippen molar-refractivity contribution in [1.29, 1.82) is 0 Å². The average molecular weight is 267 g/mol. The van der Waals surface area contributed by atoms with E-state index < -0.39 is 0 Å². The second-order valence-electron chi connectivity index (χ2n) is 3.97. The molecule has 2 unspecified atom stereocenters. The molecule has 0 saturated carbocycles. The van der Waals surface area contributed by atoms with Gasteiger partial charge in [-0.15, -0.1) is 0 Å². The van der Waals surface area contributed by atoms with E-state index in [-0.39, 0.29) is 0 Å². The van der Waals surface area contributed by atoms with Crippen molar-refractivity contribution in [3.05, 3.63) is 0 Å². The van der Waals surface area contributed by atoms with Crippen molar-refractivity contribution in [3.63, 3.8) is 0 Å². The van der Waals surface area contributed by atoms with Gasteiger partial charge in [0.05, 0.1) is 0 Å². The van der Waals surface area contributed by atoms with Crippen LogP contribution in [0.4, 0.5) is 0 Å². The normalized spacial score (nSPS) is 18.2. The highest BCUT2D eigenvalue weighted by Crippen LogP contribution is 2.33. The van der Waals surface area contributed by atoms with Gasteiger partial charge in [0.1, 0.15) is 0 Å². The van der Waals surface area contributed by atoms with E-state index in [0.717, 1.165) is 11.2 Å². The molecule has 0 saturated heterocycles. The Bertz CT molecular complexity index is 117. The molecule has 0 aliphatic carbocycles. The molecule has 0 aromatic rings. The lowest BCUT2D eigenvalue weighted by Crippen LogP contribution is -2.19. The van der Waals surface area contributed by atoms with Crippen LogP contribution in [0, 0.1) is 5.92 Å². The molecular weight excluding hydrogens is 244 g/mol. The third kappa shape index (κ3) is 5.31. The number of hydrogen-bond acceptors (Lipinski definition) is 1. The summed E-state index contributed by atoms with van der Waals surface area (Å²) in [6, 6.07) is 0. The monoisotopic (exact) mass is 266 g/mol. The zero-order valence-electron chi connectivity index (χ0n) is 9.40. The first-order valence-corrected chi connectivity index (χ1v) is 7.57. The van der Waals surface area contributed by atoms with E-state index in [9.17, 15) is 0 Å². The standard InChI is InChI=1S/C11H23BrS/c1-5-10(9-12)7-8-11(3,6-2)13-4/h10H,5-9H2,1-4H3. The molecule has 2 heteroatoms. The van der Waals surface area contributed by atoms with Gasteiger partial charge in [0, 0.05) is 10.1 Å². The maximum absolute atomic E-state index is 3.58. The first kappa shape index (κ1) is 13.8. The van der Waals surface area contributed by atoms with Crippen molar-refractivity contribution in [2.75, 3.05) is 11.6 Å². The zero-order valence-corrected chi connectivity index (χ0v) is 11.8. The maximum atomic E-state index is 3.58. The van der Waals surface area contributed by atoms with E-state index in [1.807, 2.05) is 11.8 Å². The largest absolute Gasteiger partial charge is 0.159 e. The predicted molar refractivity (Wildman–Crippen MR) is 69.0 cm³/mol. The lowest BCUT2D eigenvalue weighted by atomic mass is 9.94. The quantitative estimate of drug-likeness (QED) is 0.601. The third-order valence-electron chi connectivity index (χ3n) is 3.12. The smallest absolute Gasteiger partial charge is 0.0126 e. The first-order valence-electron chi connectivity index (χ1n) is 5.23. The predicted octanol–water partition coefficient (Wildman–Crippen LogP) is 4.72. The summed E-state index contributed by atoms with van der Waals surface area (Å²) in [5.41, 5.74) is 0. The van der Waals surface area contributed by atoms with Gasteiger partial charge in [-0.05, 0) is 31.4 Å². The molecule has 0 N–H and O–H groups in total. The van der Waals surface area contributed by atoms with Crippen molar-refractivity contribution in [1.82, 2.24) is 0 Å². The summed E-state index contributed by atoms with van der Waals surface area (Å²) in [5, 5.41) is 1.16. The molecule has 0 bridgehead atoms. The van der Waals surface area contributed by atoms with E-state index in [4.69, 9.17) is 0 Å². The summed E-state index contributed by atoms with van der Waals surface area (Å²) in [5.74, 6) is 0.873. The Hall–Kier alpha value is 0.830. The molecule has 0 nitrogen and oxygen atoms in total. The molecule has 0 aliphatic heterocycles. The Morgan fingerprint density at radius 1 is 1.38 bits per heavy atom. The summed E-state index contributed by atoms with van der Waals surface area (Å²) in [4.78, 5) is 0. The Morgan fingerprint density at radius 3 is 2.31 bits per heavy atom. The number of hydrogen-bond donors (Lipinski definition) is 0. The van der Waals surface area contributed by atoms with Crippen LogP contribution in [0.5, 0.6) is 0 Å². The van der Waals surface area contributed by atoms with Gasteiger partial charge in [0.25, 0.3) is 0 Å². The summed E-state index contributed by atoms with van der Waals surface area (Å²) in [7, 11) is 0. The Morgan fingerprint density at radius 2 is 2.00 bits per heavy atom. The molecule has 0 amide bonds. The van der Waals surface area contributed by atoms with E-state index in [2.05, 4.69) is 43.0 Å². The van der Waals surface area contributed by atoms with Crippen molar-refractivity contribution >= 4 is 27.7 Å². The van der Waals surface area contributed by atoms with Crippen LogP contribution in [0.3, 0.4) is 0 Å². The molecule has 0 rings (SSSR count). The molecule has 80 valence electrons. The topological polar surface area (TPSA) is 0 Å². The molecule has 0 aliphatic rings. The minimum Gasteiger partial charge on any atom is -0.159 e. The van der Waals surface area contributed by atoms with Crippen LogP contribution in [-0.2, 0) is 0 Å². The first-order chi connectivity index (χ1) is 6.11. The van der Waals surface area contributed by atoms with Crippen LogP contribution in [0.25, 0.3) is 0 Å². The molecule has 0 aromatic carbocycles. The van der Waals surface area contributed by atoms with Gasteiger partial charge in [0.2, 0.25) is 0 Å². The number of alkyl halides is 1. The molecule has 0 fully saturated rings. The summed E-state index contributed by atoms with van der Waals surface area (Å²) < 4.78 is 0.510. The summed E-state index contributed by atoms with van der Waals surface area (Å²) >= 11 is 5.60.